The van der Waals surface area contributed by atoms with Crippen molar-refractivity contribution in [2.24, 2.45) is 7.05 Å². The molecule has 4 heteroatoms. The van der Waals surface area contributed by atoms with Gasteiger partial charge in [-0.3, -0.25) is 0 Å². The van der Waals surface area contributed by atoms with Crippen molar-refractivity contribution in [3.05, 3.63) is 53.8 Å². The average molecular weight is 283 g/mol. The van der Waals surface area contributed by atoms with Crippen molar-refractivity contribution in [3.63, 3.8) is 0 Å². The second-order valence-corrected chi connectivity index (χ2v) is 5.43. The Morgan fingerprint density at radius 3 is 2.90 bits per heavy atom. The summed E-state index contributed by atoms with van der Waals surface area (Å²) < 4.78 is 8.16. The number of aromatic nitrogens is 2. The maximum absolute atomic E-state index is 6.12. The molecule has 0 bridgehead atoms. The van der Waals surface area contributed by atoms with Crippen LogP contribution in [-0.4, -0.2) is 16.1 Å². The lowest BCUT2D eigenvalue weighted by atomic mass is 10.1. The molecule has 1 N–H and O–H groups in total. The first-order valence-corrected chi connectivity index (χ1v) is 7.40. The molecule has 0 fully saturated rings. The molecule has 0 spiro atoms. The summed E-state index contributed by atoms with van der Waals surface area (Å²) in [6, 6.07) is 8.32. The zero-order valence-electron chi connectivity index (χ0n) is 12.8. The van der Waals surface area contributed by atoms with E-state index in [4.69, 9.17) is 4.42 Å². The highest BCUT2D eigenvalue weighted by atomic mass is 16.3. The summed E-state index contributed by atoms with van der Waals surface area (Å²) in [7, 11) is 2.01. The first kappa shape index (κ1) is 13.9. The van der Waals surface area contributed by atoms with E-state index in [1.807, 2.05) is 24.0 Å². The molecule has 2 aromatic heterocycles. The fraction of sp³-hybridized carbons (Fsp3) is 0.353. The lowest BCUT2D eigenvalue weighted by Gasteiger charge is -2.15. The van der Waals surface area contributed by atoms with Gasteiger partial charge in [-0.2, -0.15) is 0 Å². The predicted molar refractivity (Wildman–Crippen MR) is 84.3 cm³/mol. The number of fused-ring (bicyclic) bond motifs is 1. The third-order valence-electron chi connectivity index (χ3n) is 3.76. The number of imidazole rings is 1. The van der Waals surface area contributed by atoms with E-state index < -0.39 is 0 Å². The van der Waals surface area contributed by atoms with Gasteiger partial charge in [0.15, 0.2) is 0 Å². The maximum atomic E-state index is 6.12. The van der Waals surface area contributed by atoms with Gasteiger partial charge in [0.1, 0.15) is 23.2 Å². The summed E-state index contributed by atoms with van der Waals surface area (Å²) in [6.45, 7) is 5.16. The molecule has 0 saturated heterocycles. The summed E-state index contributed by atoms with van der Waals surface area (Å²) in [5.74, 6) is 1.89. The van der Waals surface area contributed by atoms with Crippen LogP contribution in [0.25, 0.3) is 11.0 Å². The summed E-state index contributed by atoms with van der Waals surface area (Å²) in [5, 5.41) is 4.67. The van der Waals surface area contributed by atoms with Crippen LogP contribution in [-0.2, 0) is 7.05 Å². The molecule has 0 radical (unpaired) electrons. The van der Waals surface area contributed by atoms with Gasteiger partial charge in [-0.25, -0.2) is 4.98 Å². The second-order valence-electron chi connectivity index (χ2n) is 5.43. The predicted octanol–water partition coefficient (Wildman–Crippen LogP) is 3.56. The molecule has 1 atom stereocenters. The fourth-order valence-corrected chi connectivity index (χ4v) is 2.63. The molecule has 1 unspecified atom stereocenters. The molecule has 3 rings (SSSR count). The molecule has 110 valence electrons. The van der Waals surface area contributed by atoms with Crippen molar-refractivity contribution in [3.8, 4) is 0 Å². The SMILES string of the molecule is CCCNC(c1cc2cccc(C)c2o1)c1nccn1C. The maximum Gasteiger partial charge on any atom is 0.137 e. The zero-order chi connectivity index (χ0) is 14.8. The molecule has 0 aliphatic rings. The summed E-state index contributed by atoms with van der Waals surface area (Å²) in [4.78, 5) is 4.48. The quantitative estimate of drug-likeness (QED) is 0.778. The molecule has 3 aromatic rings. The lowest BCUT2D eigenvalue weighted by molar-refractivity contribution is 0.449. The lowest BCUT2D eigenvalue weighted by Crippen LogP contribution is -2.25. The van der Waals surface area contributed by atoms with Gasteiger partial charge in [0, 0.05) is 24.8 Å². The van der Waals surface area contributed by atoms with Crippen LogP contribution < -0.4 is 5.32 Å². The number of hydrogen-bond acceptors (Lipinski definition) is 3. The Morgan fingerprint density at radius 2 is 2.24 bits per heavy atom. The van der Waals surface area contributed by atoms with Gasteiger partial charge >= 0.3 is 0 Å². The van der Waals surface area contributed by atoms with E-state index in [1.54, 1.807) is 0 Å². The van der Waals surface area contributed by atoms with Gasteiger partial charge in [0.05, 0.1) is 0 Å². The molecular formula is C17H21N3O. The van der Waals surface area contributed by atoms with Gasteiger partial charge in [0.25, 0.3) is 0 Å². The molecule has 0 amide bonds. The standard InChI is InChI=1S/C17H21N3O/c1-4-8-18-15(17-19-9-10-20(17)3)14-11-13-7-5-6-12(2)16(13)21-14/h5-7,9-11,15,18H,4,8H2,1-3H3. The summed E-state index contributed by atoms with van der Waals surface area (Å²) >= 11 is 0. The Labute approximate surface area is 124 Å². The van der Waals surface area contributed by atoms with E-state index in [2.05, 4.69) is 48.4 Å². The van der Waals surface area contributed by atoms with Crippen LogP contribution in [0.3, 0.4) is 0 Å². The Balaban J connectivity index is 2.05. The van der Waals surface area contributed by atoms with E-state index >= 15 is 0 Å². The van der Waals surface area contributed by atoms with E-state index in [0.29, 0.717) is 0 Å². The Bertz CT molecular complexity index is 741. The van der Waals surface area contributed by atoms with E-state index in [1.165, 1.54) is 0 Å². The highest BCUT2D eigenvalue weighted by molar-refractivity contribution is 5.81. The third kappa shape index (κ3) is 2.59. The molecule has 4 nitrogen and oxygen atoms in total. The third-order valence-corrected chi connectivity index (χ3v) is 3.76. The van der Waals surface area contributed by atoms with Gasteiger partial charge in [-0.1, -0.05) is 25.1 Å². The molecule has 21 heavy (non-hydrogen) atoms. The van der Waals surface area contributed by atoms with Crippen molar-refractivity contribution in [1.82, 2.24) is 14.9 Å². The van der Waals surface area contributed by atoms with E-state index in [-0.39, 0.29) is 6.04 Å². The van der Waals surface area contributed by atoms with Crippen LogP contribution in [0.2, 0.25) is 0 Å². The topological polar surface area (TPSA) is 43.0 Å². The molecule has 1 aromatic carbocycles. The number of rotatable bonds is 5. The van der Waals surface area contributed by atoms with Crippen LogP contribution in [0.15, 0.2) is 41.1 Å². The van der Waals surface area contributed by atoms with Crippen molar-refractivity contribution in [1.29, 1.82) is 0 Å². The van der Waals surface area contributed by atoms with Crippen LogP contribution in [0.1, 0.15) is 36.5 Å². The minimum atomic E-state index is -0.0169. The van der Waals surface area contributed by atoms with Crippen LogP contribution in [0.5, 0.6) is 0 Å². The monoisotopic (exact) mass is 283 g/mol. The van der Waals surface area contributed by atoms with Gasteiger partial charge < -0.3 is 14.3 Å². The highest BCUT2D eigenvalue weighted by Gasteiger charge is 2.21. The van der Waals surface area contributed by atoms with E-state index in [9.17, 15) is 0 Å². The minimum Gasteiger partial charge on any atom is -0.459 e. The first-order valence-electron chi connectivity index (χ1n) is 7.40. The molecule has 2 heterocycles. The number of aryl methyl sites for hydroxylation is 2. The smallest absolute Gasteiger partial charge is 0.137 e. The largest absolute Gasteiger partial charge is 0.459 e. The minimum absolute atomic E-state index is 0.0169. The average Bonchev–Trinajstić information content (AvgIpc) is 3.07. The zero-order valence-corrected chi connectivity index (χ0v) is 12.8. The Hall–Kier alpha value is -2.07. The number of nitrogens with zero attached hydrogens (tertiary/aromatic N) is 2. The second kappa shape index (κ2) is 5.74. The number of benzene rings is 1. The number of furan rings is 1. The highest BCUT2D eigenvalue weighted by Crippen LogP contribution is 2.29. The molecule has 0 saturated carbocycles. The van der Waals surface area contributed by atoms with Crippen LogP contribution in [0, 0.1) is 6.92 Å². The molecular weight excluding hydrogens is 262 g/mol. The van der Waals surface area contributed by atoms with Gasteiger partial charge in [-0.05, 0) is 31.5 Å². The Morgan fingerprint density at radius 1 is 1.38 bits per heavy atom. The van der Waals surface area contributed by atoms with Crippen molar-refractivity contribution < 1.29 is 4.42 Å². The Kier molecular flexibility index (Phi) is 3.80. The summed E-state index contributed by atoms with van der Waals surface area (Å²) in [5.41, 5.74) is 2.12. The number of nitrogens with one attached hydrogen (secondary N) is 1. The van der Waals surface area contributed by atoms with Gasteiger partial charge in [0.2, 0.25) is 0 Å². The molecule has 0 aliphatic carbocycles. The first-order chi connectivity index (χ1) is 10.2. The number of para-hydroxylation sites is 1. The van der Waals surface area contributed by atoms with Gasteiger partial charge in [-0.15, -0.1) is 0 Å². The normalized spacial score (nSPS) is 12.9. The van der Waals surface area contributed by atoms with Crippen LogP contribution >= 0.6 is 0 Å². The van der Waals surface area contributed by atoms with Crippen LogP contribution in [0.4, 0.5) is 0 Å². The number of hydrogen-bond donors (Lipinski definition) is 1. The van der Waals surface area contributed by atoms with Crippen molar-refractivity contribution >= 4 is 11.0 Å². The van der Waals surface area contributed by atoms with Crippen molar-refractivity contribution in [2.45, 2.75) is 26.3 Å². The summed E-state index contributed by atoms with van der Waals surface area (Å²) in [6.07, 6.45) is 4.86. The van der Waals surface area contributed by atoms with Crippen molar-refractivity contribution in [2.75, 3.05) is 6.54 Å². The fourth-order valence-electron chi connectivity index (χ4n) is 2.63. The van der Waals surface area contributed by atoms with E-state index in [0.717, 1.165) is 41.1 Å². The molecule has 0 aliphatic heterocycles.